The van der Waals surface area contributed by atoms with Gasteiger partial charge >= 0.3 is 0 Å². The predicted molar refractivity (Wildman–Crippen MR) is 106 cm³/mol. The molecule has 0 N–H and O–H groups in total. The van der Waals surface area contributed by atoms with Crippen molar-refractivity contribution < 1.29 is 14.3 Å². The van der Waals surface area contributed by atoms with E-state index in [0.717, 1.165) is 10.5 Å². The Balaban J connectivity index is 1.75. The van der Waals surface area contributed by atoms with Gasteiger partial charge in [-0.3, -0.25) is 14.6 Å². The summed E-state index contributed by atoms with van der Waals surface area (Å²) in [6, 6.07) is 10.5. The molecule has 0 bridgehead atoms. The largest absolute Gasteiger partial charge is 0.497 e. The predicted octanol–water partition coefficient (Wildman–Crippen LogP) is 2.84. The molecule has 0 fully saturated rings. The second-order valence-corrected chi connectivity index (χ2v) is 6.60. The lowest BCUT2D eigenvalue weighted by atomic mass is 10.0. The fourth-order valence-corrected chi connectivity index (χ4v) is 3.62. The van der Waals surface area contributed by atoms with Crippen LogP contribution in [0.3, 0.4) is 0 Å². The molecule has 0 aliphatic carbocycles. The van der Waals surface area contributed by atoms with Gasteiger partial charge in [0, 0.05) is 37.3 Å². The van der Waals surface area contributed by atoms with E-state index in [0.29, 0.717) is 33.7 Å². The summed E-state index contributed by atoms with van der Waals surface area (Å²) in [6.07, 6.45) is 4.75. The first kappa shape index (κ1) is 17.1. The number of benzene rings is 1. The van der Waals surface area contributed by atoms with Crippen LogP contribution in [0.15, 0.2) is 55.0 Å². The molecule has 8 nitrogen and oxygen atoms in total. The third kappa shape index (κ3) is 2.42. The minimum absolute atomic E-state index is 0.258. The Kier molecular flexibility index (Phi) is 3.67. The molecule has 0 atom stereocenters. The van der Waals surface area contributed by atoms with Crippen LogP contribution >= 0.6 is 0 Å². The summed E-state index contributed by atoms with van der Waals surface area (Å²) < 4.78 is 6.84. The second kappa shape index (κ2) is 6.23. The van der Waals surface area contributed by atoms with Crippen molar-refractivity contribution in [2.75, 3.05) is 12.0 Å². The highest BCUT2D eigenvalue weighted by Gasteiger charge is 2.40. The number of carbonyl (C=O) groups excluding carboxylic acids is 2. The van der Waals surface area contributed by atoms with Gasteiger partial charge in [-0.1, -0.05) is 6.07 Å². The molecule has 1 aliphatic heterocycles. The Morgan fingerprint density at radius 1 is 1.03 bits per heavy atom. The molecule has 29 heavy (non-hydrogen) atoms. The van der Waals surface area contributed by atoms with Gasteiger partial charge in [0.2, 0.25) is 0 Å². The SMILES string of the molecule is COc1cccc(N2C(=O)c3cnc4c(c(-c5ccncc5)nn4C)c3C2=O)c1. The average Bonchev–Trinajstić information content (AvgIpc) is 3.23. The van der Waals surface area contributed by atoms with Crippen molar-refractivity contribution in [2.45, 2.75) is 0 Å². The van der Waals surface area contributed by atoms with E-state index in [1.807, 2.05) is 12.1 Å². The Hall–Kier alpha value is -4.07. The highest BCUT2D eigenvalue weighted by Crippen LogP contribution is 2.37. The van der Waals surface area contributed by atoms with Crippen LogP contribution < -0.4 is 9.64 Å². The van der Waals surface area contributed by atoms with Crippen LogP contribution in [0.1, 0.15) is 20.7 Å². The maximum atomic E-state index is 13.4. The van der Waals surface area contributed by atoms with Crippen molar-refractivity contribution in [3.05, 3.63) is 66.1 Å². The highest BCUT2D eigenvalue weighted by molar-refractivity contribution is 6.38. The molecule has 0 saturated carbocycles. The zero-order chi connectivity index (χ0) is 20.1. The summed E-state index contributed by atoms with van der Waals surface area (Å²) in [7, 11) is 3.29. The standard InChI is InChI=1S/C21H15N5O3/c1-25-19-17(18(24-25)12-6-8-22-9-7-12)16-15(11-23-19)20(27)26(21(16)28)13-4-3-5-14(10-13)29-2/h3-11H,1-2H3. The van der Waals surface area contributed by atoms with Crippen molar-refractivity contribution in [2.24, 2.45) is 7.05 Å². The first-order chi connectivity index (χ1) is 14.1. The number of rotatable bonds is 3. The van der Waals surface area contributed by atoms with Crippen molar-refractivity contribution >= 4 is 28.5 Å². The number of pyridine rings is 2. The number of aryl methyl sites for hydroxylation is 1. The quantitative estimate of drug-likeness (QED) is 0.504. The van der Waals surface area contributed by atoms with E-state index in [1.165, 1.54) is 13.3 Å². The van der Waals surface area contributed by atoms with Crippen LogP contribution in [0.4, 0.5) is 5.69 Å². The highest BCUT2D eigenvalue weighted by atomic mass is 16.5. The van der Waals surface area contributed by atoms with Gasteiger partial charge in [0.15, 0.2) is 5.65 Å². The summed E-state index contributed by atoms with van der Waals surface area (Å²) in [5, 5.41) is 5.10. The number of fused-ring (bicyclic) bond motifs is 3. The van der Waals surface area contributed by atoms with Crippen molar-refractivity contribution in [3.63, 3.8) is 0 Å². The van der Waals surface area contributed by atoms with E-state index in [4.69, 9.17) is 4.74 Å². The number of methoxy groups -OCH3 is 1. The van der Waals surface area contributed by atoms with Crippen LogP contribution in [0.5, 0.6) is 5.75 Å². The Morgan fingerprint density at radius 2 is 1.83 bits per heavy atom. The topological polar surface area (TPSA) is 90.2 Å². The van der Waals surface area contributed by atoms with E-state index >= 15 is 0 Å². The summed E-state index contributed by atoms with van der Waals surface area (Å²) >= 11 is 0. The average molecular weight is 385 g/mol. The molecule has 142 valence electrons. The number of anilines is 1. The molecule has 4 heterocycles. The Morgan fingerprint density at radius 3 is 2.59 bits per heavy atom. The lowest BCUT2D eigenvalue weighted by molar-refractivity contribution is 0.0926. The number of hydrogen-bond donors (Lipinski definition) is 0. The zero-order valence-electron chi connectivity index (χ0n) is 15.7. The molecule has 3 aromatic heterocycles. The van der Waals surface area contributed by atoms with Gasteiger partial charge in [-0.25, -0.2) is 14.6 Å². The molecule has 8 heteroatoms. The summed E-state index contributed by atoms with van der Waals surface area (Å²) in [5.41, 5.74) is 2.92. The molecule has 0 unspecified atom stereocenters. The Labute approximate surface area is 165 Å². The number of nitrogens with zero attached hydrogens (tertiary/aromatic N) is 5. The van der Waals surface area contributed by atoms with Crippen LogP contribution in [-0.2, 0) is 7.05 Å². The molecule has 0 spiro atoms. The number of amides is 2. The van der Waals surface area contributed by atoms with Gasteiger partial charge < -0.3 is 4.74 Å². The van der Waals surface area contributed by atoms with E-state index in [1.54, 1.807) is 48.4 Å². The van der Waals surface area contributed by atoms with Crippen molar-refractivity contribution in [3.8, 4) is 17.0 Å². The molecule has 1 aliphatic rings. The van der Waals surface area contributed by atoms with Gasteiger partial charge in [0.1, 0.15) is 11.4 Å². The summed E-state index contributed by atoms with van der Waals surface area (Å²) in [6.45, 7) is 0. The van der Waals surface area contributed by atoms with Gasteiger partial charge in [-0.2, -0.15) is 5.10 Å². The van der Waals surface area contributed by atoms with Crippen LogP contribution in [0.25, 0.3) is 22.3 Å². The van der Waals surface area contributed by atoms with Gasteiger partial charge in [-0.15, -0.1) is 0 Å². The molecule has 4 aromatic rings. The minimum atomic E-state index is -0.419. The maximum absolute atomic E-state index is 13.4. The number of imide groups is 1. The number of aromatic nitrogens is 4. The molecular formula is C21H15N5O3. The van der Waals surface area contributed by atoms with E-state index in [-0.39, 0.29) is 5.56 Å². The van der Waals surface area contributed by atoms with Crippen LogP contribution in [0, 0.1) is 0 Å². The molecule has 0 saturated heterocycles. The maximum Gasteiger partial charge on any atom is 0.267 e. The zero-order valence-corrected chi connectivity index (χ0v) is 15.7. The first-order valence-corrected chi connectivity index (χ1v) is 8.89. The first-order valence-electron chi connectivity index (χ1n) is 8.89. The lowest BCUT2D eigenvalue weighted by Crippen LogP contribution is -2.29. The third-order valence-electron chi connectivity index (χ3n) is 4.97. The number of ether oxygens (including phenoxy) is 1. The van der Waals surface area contributed by atoms with Crippen LogP contribution in [-0.4, -0.2) is 38.7 Å². The monoisotopic (exact) mass is 385 g/mol. The fraction of sp³-hybridized carbons (Fsp3) is 0.0952. The van der Waals surface area contributed by atoms with E-state index in [2.05, 4.69) is 15.1 Å². The minimum Gasteiger partial charge on any atom is -0.497 e. The third-order valence-corrected chi connectivity index (χ3v) is 4.97. The molecular weight excluding hydrogens is 370 g/mol. The number of hydrogen-bond acceptors (Lipinski definition) is 6. The summed E-state index contributed by atoms with van der Waals surface area (Å²) in [4.78, 5) is 36.1. The van der Waals surface area contributed by atoms with E-state index < -0.39 is 11.8 Å². The van der Waals surface area contributed by atoms with Gasteiger partial charge in [-0.05, 0) is 24.3 Å². The normalized spacial score (nSPS) is 13.2. The van der Waals surface area contributed by atoms with Crippen molar-refractivity contribution in [1.82, 2.24) is 19.7 Å². The van der Waals surface area contributed by atoms with Gasteiger partial charge in [0.05, 0.1) is 29.3 Å². The molecule has 0 radical (unpaired) electrons. The Bertz CT molecular complexity index is 1300. The molecule has 2 amide bonds. The summed E-state index contributed by atoms with van der Waals surface area (Å²) in [5.74, 6) is -0.271. The lowest BCUT2D eigenvalue weighted by Gasteiger charge is -2.14. The second-order valence-electron chi connectivity index (χ2n) is 6.60. The smallest absolute Gasteiger partial charge is 0.267 e. The fourth-order valence-electron chi connectivity index (χ4n) is 3.62. The van der Waals surface area contributed by atoms with Crippen LogP contribution in [0.2, 0.25) is 0 Å². The van der Waals surface area contributed by atoms with E-state index in [9.17, 15) is 9.59 Å². The number of carbonyl (C=O) groups is 2. The molecule has 1 aromatic carbocycles. The molecule has 5 rings (SSSR count). The van der Waals surface area contributed by atoms with Crippen molar-refractivity contribution in [1.29, 1.82) is 0 Å². The van der Waals surface area contributed by atoms with Gasteiger partial charge in [0.25, 0.3) is 11.8 Å².